The lowest BCUT2D eigenvalue weighted by Crippen LogP contribution is -2.47. The summed E-state index contributed by atoms with van der Waals surface area (Å²) in [5, 5.41) is 22.1. The number of aromatic amines is 1. The normalized spacial score (nSPS) is 14.9. The van der Waals surface area contributed by atoms with Crippen molar-refractivity contribution >= 4 is 29.1 Å². The summed E-state index contributed by atoms with van der Waals surface area (Å²) in [5.74, 6) is 0. The molecule has 2 N–H and O–H groups in total. The van der Waals surface area contributed by atoms with Crippen LogP contribution in [0.3, 0.4) is 0 Å². The van der Waals surface area contributed by atoms with Crippen molar-refractivity contribution in [1.82, 2.24) is 29.8 Å². The molecular weight excluding hydrogens is 428 g/mol. The molecule has 0 atom stereocenters. The fraction of sp³-hybridized carbons (Fsp3) is 0.269. The Hall–Kier alpha value is -3.91. The van der Waals surface area contributed by atoms with Gasteiger partial charge in [-0.3, -0.25) is 14.7 Å². The lowest BCUT2D eigenvalue weighted by molar-refractivity contribution is 0.103. The van der Waals surface area contributed by atoms with Crippen LogP contribution in [-0.2, 0) is 13.6 Å². The van der Waals surface area contributed by atoms with Gasteiger partial charge in [0.05, 0.1) is 17.4 Å². The van der Waals surface area contributed by atoms with Crippen LogP contribution in [0.2, 0.25) is 0 Å². The topological polar surface area (TPSA) is 90.3 Å². The Balaban J connectivity index is 1.34. The SMILES string of the molecule is Cc1cc2[nH]nc(C=Cc3cnn(C)c3)c2cc1-c1ccc(CN2CCN(C(=O)O)CC2)cc1. The van der Waals surface area contributed by atoms with Crippen LogP contribution in [0.4, 0.5) is 4.79 Å². The molecule has 0 radical (unpaired) electrons. The van der Waals surface area contributed by atoms with E-state index >= 15 is 0 Å². The summed E-state index contributed by atoms with van der Waals surface area (Å²) in [6, 6.07) is 13.0. The second-order valence-electron chi connectivity index (χ2n) is 8.84. The molecule has 8 nitrogen and oxygen atoms in total. The lowest BCUT2D eigenvalue weighted by atomic mass is 9.97. The molecule has 1 aliphatic rings. The van der Waals surface area contributed by atoms with Crippen molar-refractivity contribution in [2.45, 2.75) is 13.5 Å². The number of nitrogens with zero attached hydrogens (tertiary/aromatic N) is 5. The van der Waals surface area contributed by atoms with Crippen molar-refractivity contribution in [2.75, 3.05) is 26.2 Å². The molecule has 1 amide bonds. The molecule has 0 aliphatic carbocycles. The van der Waals surface area contributed by atoms with E-state index in [9.17, 15) is 4.79 Å². The van der Waals surface area contributed by atoms with Gasteiger partial charge < -0.3 is 10.0 Å². The van der Waals surface area contributed by atoms with Crippen molar-refractivity contribution in [3.05, 3.63) is 71.2 Å². The minimum atomic E-state index is -0.829. The standard InChI is InChI=1S/C26H28N6O2/c1-18-13-25-23(24(28-29-25)8-5-20-15-27-30(2)16-20)14-22(18)21-6-3-19(4-7-21)17-31-9-11-32(12-10-31)26(33)34/h3-8,13-16H,9-12,17H2,1-2H3,(H,28,29)(H,33,34). The largest absolute Gasteiger partial charge is 0.465 e. The molecule has 1 aliphatic heterocycles. The van der Waals surface area contributed by atoms with Crippen molar-refractivity contribution in [3.63, 3.8) is 0 Å². The molecule has 5 rings (SSSR count). The van der Waals surface area contributed by atoms with Gasteiger partial charge in [-0.2, -0.15) is 10.2 Å². The smallest absolute Gasteiger partial charge is 0.407 e. The Bertz CT molecular complexity index is 1340. The number of hydrogen-bond donors (Lipinski definition) is 2. The number of nitrogens with one attached hydrogen (secondary N) is 1. The maximum atomic E-state index is 11.1. The van der Waals surface area contributed by atoms with Crippen LogP contribution >= 0.6 is 0 Å². The van der Waals surface area contributed by atoms with Gasteiger partial charge in [0.1, 0.15) is 0 Å². The molecule has 0 saturated carbocycles. The minimum Gasteiger partial charge on any atom is -0.465 e. The monoisotopic (exact) mass is 456 g/mol. The van der Waals surface area contributed by atoms with E-state index in [1.807, 2.05) is 31.6 Å². The molecule has 2 aromatic carbocycles. The van der Waals surface area contributed by atoms with E-state index in [2.05, 4.69) is 63.5 Å². The molecule has 3 heterocycles. The predicted molar refractivity (Wildman–Crippen MR) is 133 cm³/mol. The van der Waals surface area contributed by atoms with E-state index in [1.54, 1.807) is 4.68 Å². The highest BCUT2D eigenvalue weighted by Gasteiger charge is 2.20. The van der Waals surface area contributed by atoms with E-state index in [-0.39, 0.29) is 0 Å². The maximum absolute atomic E-state index is 11.1. The molecule has 0 bridgehead atoms. The molecule has 1 saturated heterocycles. The molecule has 34 heavy (non-hydrogen) atoms. The predicted octanol–water partition coefficient (Wildman–Crippen LogP) is 4.24. The third-order valence-electron chi connectivity index (χ3n) is 6.41. The first-order chi connectivity index (χ1) is 16.5. The summed E-state index contributed by atoms with van der Waals surface area (Å²) in [4.78, 5) is 14.9. The molecule has 4 aromatic rings. The maximum Gasteiger partial charge on any atom is 0.407 e. The Morgan fingerprint density at radius 1 is 1.12 bits per heavy atom. The Kier molecular flexibility index (Phi) is 5.90. The number of carbonyl (C=O) groups is 1. The van der Waals surface area contributed by atoms with Gasteiger partial charge >= 0.3 is 6.09 Å². The van der Waals surface area contributed by atoms with Gasteiger partial charge in [0.25, 0.3) is 0 Å². The zero-order valence-corrected chi connectivity index (χ0v) is 19.4. The second-order valence-corrected chi connectivity index (χ2v) is 8.84. The van der Waals surface area contributed by atoms with Crippen molar-refractivity contribution in [3.8, 4) is 11.1 Å². The Labute approximate surface area is 198 Å². The number of aryl methyl sites for hydroxylation is 2. The highest BCUT2D eigenvalue weighted by molar-refractivity contribution is 5.93. The molecule has 0 spiro atoms. The number of benzene rings is 2. The first kappa shape index (κ1) is 21.9. The number of aromatic nitrogens is 4. The van der Waals surface area contributed by atoms with Crippen LogP contribution in [-0.4, -0.2) is 67.2 Å². The molecule has 1 fully saturated rings. The van der Waals surface area contributed by atoms with Crippen LogP contribution in [0.15, 0.2) is 48.8 Å². The van der Waals surface area contributed by atoms with E-state index in [4.69, 9.17) is 5.11 Å². The molecular formula is C26H28N6O2. The number of amides is 1. The first-order valence-electron chi connectivity index (χ1n) is 11.4. The fourth-order valence-corrected chi connectivity index (χ4v) is 4.48. The van der Waals surface area contributed by atoms with Gasteiger partial charge in [0.2, 0.25) is 0 Å². The van der Waals surface area contributed by atoms with Crippen LogP contribution in [0, 0.1) is 6.92 Å². The van der Waals surface area contributed by atoms with Gasteiger partial charge in [-0.25, -0.2) is 4.79 Å². The lowest BCUT2D eigenvalue weighted by Gasteiger charge is -2.33. The van der Waals surface area contributed by atoms with Crippen molar-refractivity contribution in [1.29, 1.82) is 0 Å². The molecule has 8 heteroatoms. The third kappa shape index (κ3) is 4.58. The van der Waals surface area contributed by atoms with Gasteiger partial charge in [-0.1, -0.05) is 24.3 Å². The number of fused-ring (bicyclic) bond motifs is 1. The average Bonchev–Trinajstić information content (AvgIpc) is 3.43. The third-order valence-corrected chi connectivity index (χ3v) is 6.41. The number of H-pyrrole nitrogens is 1. The quantitative estimate of drug-likeness (QED) is 0.469. The van der Waals surface area contributed by atoms with Crippen LogP contribution < -0.4 is 0 Å². The van der Waals surface area contributed by atoms with Crippen LogP contribution in [0.5, 0.6) is 0 Å². The average molecular weight is 457 g/mol. The number of hydrogen-bond acceptors (Lipinski definition) is 4. The highest BCUT2D eigenvalue weighted by Crippen LogP contribution is 2.30. The van der Waals surface area contributed by atoms with E-state index in [0.717, 1.165) is 41.8 Å². The Morgan fingerprint density at radius 2 is 1.88 bits per heavy atom. The van der Waals surface area contributed by atoms with Gasteiger partial charge in [-0.15, -0.1) is 0 Å². The van der Waals surface area contributed by atoms with Crippen molar-refractivity contribution in [2.24, 2.45) is 7.05 Å². The van der Waals surface area contributed by atoms with E-state index < -0.39 is 6.09 Å². The molecule has 0 unspecified atom stereocenters. The summed E-state index contributed by atoms with van der Waals surface area (Å²) in [5.41, 5.74) is 7.73. The molecule has 174 valence electrons. The number of rotatable bonds is 5. The zero-order chi connectivity index (χ0) is 23.7. The van der Waals surface area contributed by atoms with E-state index in [1.165, 1.54) is 27.2 Å². The van der Waals surface area contributed by atoms with Gasteiger partial charge in [0.15, 0.2) is 0 Å². The minimum absolute atomic E-state index is 0.564. The van der Waals surface area contributed by atoms with E-state index in [0.29, 0.717) is 13.1 Å². The summed E-state index contributed by atoms with van der Waals surface area (Å²) in [6.45, 7) is 5.61. The van der Waals surface area contributed by atoms with Gasteiger partial charge in [0, 0.05) is 56.9 Å². The zero-order valence-electron chi connectivity index (χ0n) is 19.4. The van der Waals surface area contributed by atoms with Gasteiger partial charge in [-0.05, 0) is 53.5 Å². The highest BCUT2D eigenvalue weighted by atomic mass is 16.4. The second kappa shape index (κ2) is 9.15. The summed E-state index contributed by atoms with van der Waals surface area (Å²) in [6.07, 6.45) is 7.00. The summed E-state index contributed by atoms with van der Waals surface area (Å²) < 4.78 is 1.78. The van der Waals surface area contributed by atoms with Crippen LogP contribution in [0.25, 0.3) is 34.2 Å². The number of piperazine rings is 1. The number of carboxylic acid groups (broad SMARTS) is 1. The van der Waals surface area contributed by atoms with Crippen molar-refractivity contribution < 1.29 is 9.90 Å². The summed E-state index contributed by atoms with van der Waals surface area (Å²) >= 11 is 0. The molecule has 2 aromatic heterocycles. The summed E-state index contributed by atoms with van der Waals surface area (Å²) in [7, 11) is 1.90. The Morgan fingerprint density at radius 3 is 2.56 bits per heavy atom. The first-order valence-corrected chi connectivity index (χ1v) is 11.4. The fourth-order valence-electron chi connectivity index (χ4n) is 4.48. The van der Waals surface area contributed by atoms with Crippen LogP contribution in [0.1, 0.15) is 22.4 Å².